The van der Waals surface area contributed by atoms with Gasteiger partial charge in [0.25, 0.3) is 0 Å². The van der Waals surface area contributed by atoms with Gasteiger partial charge in [-0.1, -0.05) is 37.1 Å². The maximum atomic E-state index is 13.5. The van der Waals surface area contributed by atoms with Crippen LogP contribution in [0.2, 0.25) is 0 Å². The fraction of sp³-hybridized carbons (Fsp3) is 0.240. The molecule has 35 heavy (non-hydrogen) atoms. The summed E-state index contributed by atoms with van der Waals surface area (Å²) in [6.45, 7) is 0. The van der Waals surface area contributed by atoms with E-state index in [1.807, 2.05) is 4.57 Å². The van der Waals surface area contributed by atoms with Crippen molar-refractivity contribution in [2.45, 2.75) is 37.5 Å². The lowest BCUT2D eigenvalue weighted by atomic mass is 10.0. The number of rotatable bonds is 7. The van der Waals surface area contributed by atoms with E-state index in [0.29, 0.717) is 27.7 Å². The van der Waals surface area contributed by atoms with Gasteiger partial charge in [0, 0.05) is 23.5 Å². The maximum Gasteiger partial charge on any atom is 0.236 e. The van der Waals surface area contributed by atoms with E-state index in [1.165, 1.54) is 36.7 Å². The van der Waals surface area contributed by atoms with Crippen LogP contribution in [-0.4, -0.2) is 28.7 Å². The molecule has 3 N–H and O–H groups in total. The minimum absolute atomic E-state index is 0.228. The van der Waals surface area contributed by atoms with Gasteiger partial charge < -0.3 is 10.3 Å². The van der Waals surface area contributed by atoms with Crippen LogP contribution in [0, 0.1) is 5.82 Å². The molecular formula is C25H24FN5O3S. The van der Waals surface area contributed by atoms with Crippen LogP contribution >= 0.6 is 0 Å². The zero-order valence-corrected chi connectivity index (χ0v) is 19.6. The molecule has 2 heterocycles. The Labute approximate surface area is 202 Å². The Morgan fingerprint density at radius 2 is 1.86 bits per heavy atom. The average Bonchev–Trinajstić information content (AvgIpc) is 3.48. The SMILES string of the molecule is Nc1ncnc2c1c(C(=O)c1cccc(NS(=O)(=O)Cc3ccc(F)cc3)c1)cn2C1CCCC1. The Kier molecular flexibility index (Phi) is 5.98. The fourth-order valence-electron chi connectivity index (χ4n) is 4.64. The quantitative estimate of drug-likeness (QED) is 0.367. The second-order valence-electron chi connectivity index (χ2n) is 8.74. The van der Waals surface area contributed by atoms with E-state index in [4.69, 9.17) is 5.73 Å². The maximum absolute atomic E-state index is 13.5. The molecule has 4 aromatic rings. The summed E-state index contributed by atoms with van der Waals surface area (Å²) in [5.41, 5.74) is 8.17. The van der Waals surface area contributed by atoms with E-state index in [0.717, 1.165) is 25.7 Å². The van der Waals surface area contributed by atoms with Gasteiger partial charge in [0.1, 0.15) is 23.6 Å². The normalized spacial score (nSPS) is 14.4. The summed E-state index contributed by atoms with van der Waals surface area (Å²) in [5.74, 6) is -0.835. The summed E-state index contributed by atoms with van der Waals surface area (Å²) in [5, 5.41) is 0.506. The number of nitrogens with zero attached hydrogens (tertiary/aromatic N) is 3. The highest BCUT2D eigenvalue weighted by atomic mass is 32.2. The highest BCUT2D eigenvalue weighted by molar-refractivity contribution is 7.91. The van der Waals surface area contributed by atoms with Crippen molar-refractivity contribution < 1.29 is 17.6 Å². The number of nitrogens with one attached hydrogen (secondary N) is 1. The molecule has 1 fully saturated rings. The van der Waals surface area contributed by atoms with Crippen LogP contribution in [0.25, 0.3) is 11.0 Å². The molecule has 10 heteroatoms. The topological polar surface area (TPSA) is 120 Å². The number of carbonyl (C=O) groups excluding carboxylic acids is 1. The van der Waals surface area contributed by atoms with Gasteiger partial charge >= 0.3 is 0 Å². The molecule has 5 rings (SSSR count). The Bertz CT molecular complexity index is 1510. The average molecular weight is 494 g/mol. The zero-order valence-electron chi connectivity index (χ0n) is 18.8. The van der Waals surface area contributed by atoms with E-state index < -0.39 is 15.8 Å². The Hall–Kier alpha value is -3.79. The number of ketones is 1. The van der Waals surface area contributed by atoms with E-state index in [1.54, 1.807) is 24.4 Å². The minimum atomic E-state index is -3.78. The number of sulfonamides is 1. The first-order valence-electron chi connectivity index (χ1n) is 11.3. The van der Waals surface area contributed by atoms with Crippen LogP contribution in [0.3, 0.4) is 0 Å². The highest BCUT2D eigenvalue weighted by Gasteiger charge is 2.25. The van der Waals surface area contributed by atoms with Crippen molar-refractivity contribution in [2.24, 2.45) is 0 Å². The van der Waals surface area contributed by atoms with Gasteiger partial charge in [0.2, 0.25) is 10.0 Å². The van der Waals surface area contributed by atoms with Crippen molar-refractivity contribution in [2.75, 3.05) is 10.5 Å². The van der Waals surface area contributed by atoms with Crippen LogP contribution in [0.5, 0.6) is 0 Å². The summed E-state index contributed by atoms with van der Waals surface area (Å²) in [4.78, 5) is 22.0. The molecule has 0 radical (unpaired) electrons. The van der Waals surface area contributed by atoms with Crippen molar-refractivity contribution in [1.82, 2.24) is 14.5 Å². The standard InChI is InChI=1S/C25H24FN5O3S/c26-18-10-8-16(9-11-18)14-35(33,34)30-19-5-3-4-17(12-19)23(32)21-13-31(20-6-1-2-7-20)25-22(21)24(27)28-15-29-25/h3-5,8-13,15,20,30H,1-2,6-7,14H2,(H2,27,28,29). The van der Waals surface area contributed by atoms with Gasteiger partial charge in [0.05, 0.1) is 16.7 Å². The molecule has 0 bridgehead atoms. The molecule has 0 amide bonds. The summed E-state index contributed by atoms with van der Waals surface area (Å²) in [6.07, 6.45) is 7.44. The molecule has 2 aromatic carbocycles. The number of hydrogen-bond acceptors (Lipinski definition) is 6. The molecule has 0 saturated heterocycles. The molecule has 0 aliphatic heterocycles. The van der Waals surface area contributed by atoms with Crippen LogP contribution in [0.1, 0.15) is 53.2 Å². The first-order chi connectivity index (χ1) is 16.8. The third-order valence-corrected chi connectivity index (χ3v) is 7.53. The predicted molar refractivity (Wildman–Crippen MR) is 132 cm³/mol. The van der Waals surface area contributed by atoms with E-state index >= 15 is 0 Å². The molecule has 1 aliphatic carbocycles. The van der Waals surface area contributed by atoms with Gasteiger partial charge in [-0.05, 0) is 42.7 Å². The molecule has 2 aromatic heterocycles. The smallest absolute Gasteiger partial charge is 0.236 e. The first kappa shape index (κ1) is 23.0. The largest absolute Gasteiger partial charge is 0.383 e. The molecular weight excluding hydrogens is 469 g/mol. The second kappa shape index (κ2) is 9.10. The number of halogens is 1. The number of fused-ring (bicyclic) bond motifs is 1. The van der Waals surface area contributed by atoms with Crippen molar-refractivity contribution in [3.05, 3.63) is 83.6 Å². The lowest BCUT2D eigenvalue weighted by Gasteiger charge is -2.12. The van der Waals surface area contributed by atoms with E-state index in [-0.39, 0.29) is 29.1 Å². The first-order valence-corrected chi connectivity index (χ1v) is 13.0. The summed E-state index contributed by atoms with van der Waals surface area (Å²) in [7, 11) is -3.78. The Morgan fingerprint density at radius 1 is 1.11 bits per heavy atom. The fourth-order valence-corrected chi connectivity index (χ4v) is 5.83. The number of benzene rings is 2. The van der Waals surface area contributed by atoms with Gasteiger partial charge in [-0.25, -0.2) is 22.8 Å². The molecule has 8 nitrogen and oxygen atoms in total. The zero-order chi connectivity index (χ0) is 24.6. The molecule has 0 spiro atoms. The van der Waals surface area contributed by atoms with Gasteiger partial charge in [-0.2, -0.15) is 0 Å². The van der Waals surface area contributed by atoms with Gasteiger partial charge in [-0.15, -0.1) is 0 Å². The number of aromatic nitrogens is 3. The summed E-state index contributed by atoms with van der Waals surface area (Å²) >= 11 is 0. The monoisotopic (exact) mass is 493 g/mol. The highest BCUT2D eigenvalue weighted by Crippen LogP contribution is 2.35. The van der Waals surface area contributed by atoms with Crippen molar-refractivity contribution in [1.29, 1.82) is 0 Å². The Morgan fingerprint density at radius 3 is 2.60 bits per heavy atom. The number of hydrogen-bond donors (Lipinski definition) is 2. The van der Waals surface area contributed by atoms with Gasteiger partial charge in [0.15, 0.2) is 5.78 Å². The molecule has 1 saturated carbocycles. The lowest BCUT2D eigenvalue weighted by Crippen LogP contribution is -2.15. The van der Waals surface area contributed by atoms with Crippen LogP contribution in [0.4, 0.5) is 15.9 Å². The van der Waals surface area contributed by atoms with Crippen LogP contribution in [-0.2, 0) is 15.8 Å². The van der Waals surface area contributed by atoms with Crippen LogP contribution < -0.4 is 10.5 Å². The molecule has 0 unspecified atom stereocenters. The third-order valence-electron chi connectivity index (χ3n) is 6.27. The lowest BCUT2D eigenvalue weighted by molar-refractivity contribution is 0.104. The summed E-state index contributed by atoms with van der Waals surface area (Å²) in [6, 6.07) is 11.8. The van der Waals surface area contributed by atoms with Crippen molar-refractivity contribution >= 4 is 38.3 Å². The molecule has 180 valence electrons. The Balaban J connectivity index is 1.45. The van der Waals surface area contributed by atoms with E-state index in [2.05, 4.69) is 14.7 Å². The predicted octanol–water partition coefficient (Wildman–Crippen LogP) is 4.44. The van der Waals surface area contributed by atoms with Crippen LogP contribution in [0.15, 0.2) is 61.1 Å². The van der Waals surface area contributed by atoms with Crippen molar-refractivity contribution in [3.63, 3.8) is 0 Å². The number of carbonyl (C=O) groups is 1. The number of nitrogens with two attached hydrogens (primary N) is 1. The van der Waals surface area contributed by atoms with Gasteiger partial charge in [-0.3, -0.25) is 9.52 Å². The van der Waals surface area contributed by atoms with E-state index in [9.17, 15) is 17.6 Å². The minimum Gasteiger partial charge on any atom is -0.383 e. The third kappa shape index (κ3) is 4.74. The number of nitrogen functional groups attached to an aromatic ring is 1. The molecule has 1 aliphatic rings. The number of anilines is 2. The summed E-state index contributed by atoms with van der Waals surface area (Å²) < 4.78 is 42.9. The molecule has 0 atom stereocenters. The van der Waals surface area contributed by atoms with Crippen molar-refractivity contribution in [3.8, 4) is 0 Å². The second-order valence-corrected chi connectivity index (χ2v) is 10.5.